The van der Waals surface area contributed by atoms with E-state index in [0.717, 1.165) is 10.6 Å². The zero-order chi connectivity index (χ0) is 22.1. The number of anilines is 1. The van der Waals surface area contributed by atoms with Crippen molar-refractivity contribution in [1.82, 2.24) is 19.7 Å². The predicted molar refractivity (Wildman–Crippen MR) is 124 cm³/mol. The normalized spacial score (nSPS) is 14.1. The van der Waals surface area contributed by atoms with Gasteiger partial charge in [-0.2, -0.15) is 0 Å². The Hall–Kier alpha value is -3.23. The summed E-state index contributed by atoms with van der Waals surface area (Å²) < 4.78 is 15.4. The maximum absolute atomic E-state index is 13.8. The smallest absolute Gasteiger partial charge is 0.293 e. The van der Waals surface area contributed by atoms with E-state index in [1.165, 1.54) is 28.2 Å². The van der Waals surface area contributed by atoms with Gasteiger partial charge in [0.15, 0.2) is 5.82 Å². The lowest BCUT2D eigenvalue weighted by molar-refractivity contribution is 0.0734. The lowest BCUT2D eigenvalue weighted by Gasteiger charge is -2.36. The SMILES string of the molecule is O=C(c1nc(-c2cccs2)n(-c2cccc(F)c2)n1)N1CCN(c2ccccc2Cl)CC1. The van der Waals surface area contributed by atoms with Crippen LogP contribution in [0.2, 0.25) is 5.02 Å². The third kappa shape index (κ3) is 3.99. The average molecular weight is 468 g/mol. The van der Waals surface area contributed by atoms with Gasteiger partial charge in [0, 0.05) is 26.2 Å². The van der Waals surface area contributed by atoms with Gasteiger partial charge in [0.05, 0.1) is 21.3 Å². The molecule has 0 atom stereocenters. The fourth-order valence-electron chi connectivity index (χ4n) is 3.76. The number of benzene rings is 2. The number of nitrogens with zero attached hydrogens (tertiary/aromatic N) is 5. The second-order valence-electron chi connectivity index (χ2n) is 7.36. The van der Waals surface area contributed by atoms with E-state index < -0.39 is 0 Å². The van der Waals surface area contributed by atoms with Crippen molar-refractivity contribution in [3.8, 4) is 16.4 Å². The van der Waals surface area contributed by atoms with E-state index in [-0.39, 0.29) is 17.5 Å². The monoisotopic (exact) mass is 467 g/mol. The van der Waals surface area contributed by atoms with E-state index in [1.807, 2.05) is 41.8 Å². The second kappa shape index (κ2) is 8.72. The molecule has 9 heteroatoms. The highest BCUT2D eigenvalue weighted by Gasteiger charge is 2.27. The number of halogens is 2. The van der Waals surface area contributed by atoms with Gasteiger partial charge in [-0.25, -0.2) is 14.1 Å². The van der Waals surface area contributed by atoms with Gasteiger partial charge >= 0.3 is 0 Å². The summed E-state index contributed by atoms with van der Waals surface area (Å²) in [6.45, 7) is 2.40. The van der Waals surface area contributed by atoms with Crippen molar-refractivity contribution >= 4 is 34.5 Å². The van der Waals surface area contributed by atoms with Crippen LogP contribution in [0.5, 0.6) is 0 Å². The van der Waals surface area contributed by atoms with Crippen LogP contribution in [0.25, 0.3) is 16.4 Å². The summed E-state index contributed by atoms with van der Waals surface area (Å²) in [6, 6.07) is 17.6. The maximum atomic E-state index is 13.8. The quantitative estimate of drug-likeness (QED) is 0.434. The van der Waals surface area contributed by atoms with Gasteiger partial charge in [-0.3, -0.25) is 4.79 Å². The molecule has 1 amide bonds. The minimum atomic E-state index is -0.376. The highest BCUT2D eigenvalue weighted by Crippen LogP contribution is 2.28. The van der Waals surface area contributed by atoms with Gasteiger partial charge in [0.2, 0.25) is 5.82 Å². The summed E-state index contributed by atoms with van der Waals surface area (Å²) in [5, 5.41) is 7.09. The molecule has 0 N–H and O–H groups in total. The van der Waals surface area contributed by atoms with Crippen LogP contribution in [0, 0.1) is 5.82 Å². The molecule has 162 valence electrons. The Morgan fingerprint density at radius 1 is 1.00 bits per heavy atom. The van der Waals surface area contributed by atoms with Gasteiger partial charge < -0.3 is 9.80 Å². The number of piperazine rings is 1. The first-order valence-corrected chi connectivity index (χ1v) is 11.4. The van der Waals surface area contributed by atoms with Crippen molar-refractivity contribution in [3.05, 3.63) is 82.7 Å². The van der Waals surface area contributed by atoms with Gasteiger partial charge in [0.25, 0.3) is 5.91 Å². The van der Waals surface area contributed by atoms with Crippen molar-refractivity contribution in [3.63, 3.8) is 0 Å². The summed E-state index contributed by atoms with van der Waals surface area (Å²) in [7, 11) is 0. The number of hydrogen-bond donors (Lipinski definition) is 0. The highest BCUT2D eigenvalue weighted by atomic mass is 35.5. The molecular formula is C23H19ClFN5OS. The van der Waals surface area contributed by atoms with Crippen LogP contribution in [-0.2, 0) is 0 Å². The first-order chi connectivity index (χ1) is 15.6. The molecule has 4 aromatic rings. The summed E-state index contributed by atoms with van der Waals surface area (Å²) in [4.78, 5) is 22.5. The Morgan fingerprint density at radius 2 is 1.81 bits per heavy atom. The van der Waals surface area contributed by atoms with E-state index in [4.69, 9.17) is 11.6 Å². The summed E-state index contributed by atoms with van der Waals surface area (Å²) in [6.07, 6.45) is 0. The third-order valence-electron chi connectivity index (χ3n) is 5.35. The minimum Gasteiger partial charge on any atom is -0.367 e. The van der Waals surface area contributed by atoms with Crippen molar-refractivity contribution in [1.29, 1.82) is 0 Å². The molecule has 32 heavy (non-hydrogen) atoms. The lowest BCUT2D eigenvalue weighted by Crippen LogP contribution is -2.49. The highest BCUT2D eigenvalue weighted by molar-refractivity contribution is 7.13. The molecule has 0 bridgehead atoms. The molecule has 0 radical (unpaired) electrons. The molecular weight excluding hydrogens is 449 g/mol. The first kappa shape index (κ1) is 20.7. The van der Waals surface area contributed by atoms with E-state index in [9.17, 15) is 9.18 Å². The molecule has 1 aliphatic rings. The van der Waals surface area contributed by atoms with Crippen LogP contribution < -0.4 is 4.90 Å². The molecule has 2 aromatic heterocycles. The molecule has 6 nitrogen and oxygen atoms in total. The van der Waals surface area contributed by atoms with Crippen molar-refractivity contribution < 1.29 is 9.18 Å². The zero-order valence-corrected chi connectivity index (χ0v) is 18.6. The summed E-state index contributed by atoms with van der Waals surface area (Å²) in [5.74, 6) is 0.00276. The van der Waals surface area contributed by atoms with E-state index in [2.05, 4.69) is 15.0 Å². The molecule has 1 fully saturated rings. The third-order valence-corrected chi connectivity index (χ3v) is 6.54. The van der Waals surface area contributed by atoms with Gasteiger partial charge in [-0.15, -0.1) is 16.4 Å². The molecule has 0 unspecified atom stereocenters. The first-order valence-electron chi connectivity index (χ1n) is 10.2. The number of amides is 1. The maximum Gasteiger partial charge on any atom is 0.293 e. The summed E-state index contributed by atoms with van der Waals surface area (Å²) in [5.41, 5.74) is 1.48. The Bertz CT molecular complexity index is 1250. The van der Waals surface area contributed by atoms with E-state index in [1.54, 1.807) is 17.0 Å². The average Bonchev–Trinajstić information content (AvgIpc) is 3.49. The van der Waals surface area contributed by atoms with E-state index >= 15 is 0 Å². The second-order valence-corrected chi connectivity index (χ2v) is 8.71. The van der Waals surface area contributed by atoms with Gasteiger partial charge in [-0.1, -0.05) is 35.9 Å². The lowest BCUT2D eigenvalue weighted by atomic mass is 10.2. The van der Waals surface area contributed by atoms with Crippen LogP contribution in [0.3, 0.4) is 0 Å². The predicted octanol–water partition coefficient (Wildman–Crippen LogP) is 4.75. The molecule has 1 saturated heterocycles. The van der Waals surface area contributed by atoms with Crippen LogP contribution in [-0.4, -0.2) is 51.8 Å². The number of thiophene rings is 1. The largest absolute Gasteiger partial charge is 0.367 e. The fraction of sp³-hybridized carbons (Fsp3) is 0.174. The number of aromatic nitrogens is 3. The Labute approximate surface area is 193 Å². The Kier molecular flexibility index (Phi) is 5.63. The van der Waals surface area contributed by atoms with Crippen LogP contribution in [0.4, 0.5) is 10.1 Å². The van der Waals surface area contributed by atoms with Crippen molar-refractivity contribution in [2.45, 2.75) is 0 Å². The zero-order valence-electron chi connectivity index (χ0n) is 17.0. The molecule has 0 saturated carbocycles. The number of carbonyl (C=O) groups excluding carboxylic acids is 1. The van der Waals surface area contributed by atoms with Crippen molar-refractivity contribution in [2.75, 3.05) is 31.1 Å². The Balaban J connectivity index is 1.40. The topological polar surface area (TPSA) is 54.3 Å². The summed E-state index contributed by atoms with van der Waals surface area (Å²) >= 11 is 7.81. The number of rotatable bonds is 4. The van der Waals surface area contributed by atoms with Gasteiger partial charge in [-0.05, 0) is 41.8 Å². The number of hydrogen-bond acceptors (Lipinski definition) is 5. The van der Waals surface area contributed by atoms with Crippen LogP contribution >= 0.6 is 22.9 Å². The number of para-hydroxylation sites is 1. The van der Waals surface area contributed by atoms with Gasteiger partial charge in [0.1, 0.15) is 5.82 Å². The standard InChI is InChI=1S/C23H19ClFN5OS/c24-18-7-1-2-8-19(18)28-10-12-29(13-11-28)23(31)21-26-22(20-9-4-14-32-20)30(27-21)17-6-3-5-16(25)15-17/h1-9,14-15H,10-13H2. The molecule has 0 aliphatic carbocycles. The number of carbonyl (C=O) groups is 1. The molecule has 3 heterocycles. The van der Waals surface area contributed by atoms with E-state index in [0.29, 0.717) is 42.7 Å². The van der Waals surface area contributed by atoms with Crippen molar-refractivity contribution in [2.24, 2.45) is 0 Å². The van der Waals surface area contributed by atoms with Crippen LogP contribution in [0.15, 0.2) is 66.0 Å². The minimum absolute atomic E-state index is 0.101. The Morgan fingerprint density at radius 3 is 2.53 bits per heavy atom. The molecule has 5 rings (SSSR count). The molecule has 0 spiro atoms. The molecule has 2 aromatic carbocycles. The molecule has 1 aliphatic heterocycles. The fourth-order valence-corrected chi connectivity index (χ4v) is 4.71. The van der Waals surface area contributed by atoms with Crippen LogP contribution in [0.1, 0.15) is 10.6 Å².